The average molecular weight is 250 g/mol. The molecule has 61 valence electrons. The molecule has 1 atom stereocenters. The number of carbonyl (C=O) groups is 1. The molecule has 0 heterocycles. The van der Waals surface area contributed by atoms with Crippen LogP contribution < -0.4 is 5.73 Å². The Kier molecular flexibility index (Phi) is 11.9. The molecule has 0 spiro atoms. The molecule has 0 aliphatic carbocycles. The second kappa shape index (κ2) is 9.23. The molecule has 0 aliphatic heterocycles. The van der Waals surface area contributed by atoms with E-state index in [1.54, 1.807) is 0 Å². The van der Waals surface area contributed by atoms with Crippen molar-refractivity contribution < 1.29 is 32.3 Å². The van der Waals surface area contributed by atoms with Gasteiger partial charge in [-0.3, -0.25) is 4.79 Å². The van der Waals surface area contributed by atoms with Gasteiger partial charge < -0.3 is 10.8 Å². The predicted molar refractivity (Wildman–Crippen MR) is 34.8 cm³/mol. The van der Waals surface area contributed by atoms with Crippen LogP contribution in [-0.4, -0.2) is 22.9 Å². The zero-order valence-corrected chi connectivity index (χ0v) is 7.91. The number of carboxylic acids is 1. The molecule has 10 heavy (non-hydrogen) atoms. The van der Waals surface area contributed by atoms with Crippen molar-refractivity contribution >= 4 is 18.6 Å². The molecule has 6 heteroatoms. The summed E-state index contributed by atoms with van der Waals surface area (Å²) < 4.78 is 8.22. The first-order chi connectivity index (χ1) is 4.68. The van der Waals surface area contributed by atoms with Crippen molar-refractivity contribution in [2.75, 3.05) is 5.75 Å². The van der Waals surface area contributed by atoms with Gasteiger partial charge >= 0.3 is 28.3 Å². The Morgan fingerprint density at radius 2 is 2.10 bits per heavy atom. The molecule has 0 radical (unpaired) electrons. The van der Waals surface area contributed by atoms with Crippen LogP contribution >= 0.6 is 12.6 Å². The van der Waals surface area contributed by atoms with Gasteiger partial charge in [0.25, 0.3) is 0 Å². The number of aliphatic carboxylic acids is 1. The minimum absolute atomic E-state index is 0.429. The number of hydrogen-bond acceptors (Lipinski definition) is 4. The van der Waals surface area contributed by atoms with Crippen molar-refractivity contribution in [1.82, 2.24) is 0 Å². The van der Waals surface area contributed by atoms with Gasteiger partial charge in [0.1, 0.15) is 6.04 Å². The predicted octanol–water partition coefficient (Wildman–Crippen LogP) is -0.403. The van der Waals surface area contributed by atoms with Crippen LogP contribution in [0.3, 0.4) is 0 Å². The van der Waals surface area contributed by atoms with E-state index in [0.29, 0.717) is 12.2 Å². The van der Waals surface area contributed by atoms with Crippen molar-refractivity contribution in [3.63, 3.8) is 0 Å². The molecule has 0 aromatic heterocycles. The zero-order chi connectivity index (χ0) is 8.57. The first kappa shape index (κ1) is 12.9. The van der Waals surface area contributed by atoms with Gasteiger partial charge in [0.2, 0.25) is 0 Å². The Balaban J connectivity index is 0. The third kappa shape index (κ3) is 8.23. The van der Waals surface area contributed by atoms with Crippen LogP contribution in [0, 0.1) is 0 Å². The number of rotatable bonds is 3. The molecule has 0 unspecified atom stereocenters. The summed E-state index contributed by atoms with van der Waals surface area (Å²) in [7, 11) is 0. The quantitative estimate of drug-likeness (QED) is 0.595. The van der Waals surface area contributed by atoms with Crippen molar-refractivity contribution in [1.29, 1.82) is 0 Å². The van der Waals surface area contributed by atoms with Gasteiger partial charge in [-0.25, -0.2) is 0 Å². The van der Waals surface area contributed by atoms with Gasteiger partial charge in [-0.2, -0.15) is 12.6 Å². The standard InChI is InChI=1S/C4H9NO2S.O.Tc/c5-3(1-2-8)4(6)7;;/h3,8H,1-2,5H2,(H,6,7);;/t3-;;/m0../s1/i;;1+1. The summed E-state index contributed by atoms with van der Waals surface area (Å²) in [5.41, 5.74) is 5.08. The molecule has 3 N–H and O–H groups in total. The molecule has 0 aromatic carbocycles. The molecule has 0 saturated carbocycles. The first-order valence-electron chi connectivity index (χ1n) is 2.43. The van der Waals surface area contributed by atoms with Gasteiger partial charge in [0.15, 0.2) is 0 Å². The van der Waals surface area contributed by atoms with E-state index in [4.69, 9.17) is 14.3 Å². The topological polar surface area (TPSA) is 80.4 Å². The third-order valence-corrected chi connectivity index (χ3v) is 1.02. The fourth-order valence-corrected chi connectivity index (χ4v) is 0.541. The summed E-state index contributed by atoms with van der Waals surface area (Å²) in [6, 6.07) is -0.743. The Morgan fingerprint density at radius 1 is 1.70 bits per heavy atom. The summed E-state index contributed by atoms with van der Waals surface area (Å²) in [5, 5.41) is 8.15. The fraction of sp³-hybridized carbons (Fsp3) is 0.750. The van der Waals surface area contributed by atoms with E-state index in [2.05, 4.69) is 12.6 Å². The molecular weight excluding hydrogens is 241 g/mol. The van der Waals surface area contributed by atoms with E-state index < -0.39 is 12.0 Å². The normalized spacial score (nSPS) is 11.0. The van der Waals surface area contributed by atoms with Crippen LogP contribution in [0.2, 0.25) is 0 Å². The third-order valence-electron chi connectivity index (χ3n) is 0.757. The van der Waals surface area contributed by atoms with E-state index in [-0.39, 0.29) is 0 Å². The summed E-state index contributed by atoms with van der Waals surface area (Å²) >= 11 is 4.71. The summed E-state index contributed by atoms with van der Waals surface area (Å²) in [4.78, 5) is 9.93. The Labute approximate surface area is 75.0 Å². The molecule has 0 bridgehead atoms. The summed E-state index contributed by atoms with van der Waals surface area (Å²) in [6.07, 6.45) is 0.429. The van der Waals surface area contributed by atoms with Crippen LogP contribution in [-0.2, 0) is 27.2 Å². The van der Waals surface area contributed by atoms with Gasteiger partial charge in [0.05, 0.1) is 0 Å². The number of thiol groups is 1. The second-order valence-electron chi connectivity index (χ2n) is 1.46. The van der Waals surface area contributed by atoms with Gasteiger partial charge in [-0.15, -0.1) is 0 Å². The average Bonchev–Trinajstić information content (AvgIpc) is 1.93. The van der Waals surface area contributed by atoms with Crippen molar-refractivity contribution in [3.05, 3.63) is 0 Å². The van der Waals surface area contributed by atoms with Crippen LogP contribution in [0.4, 0.5) is 0 Å². The molecule has 0 aliphatic rings. The molecule has 0 saturated heterocycles. The van der Waals surface area contributed by atoms with Gasteiger partial charge in [0, 0.05) is 0 Å². The number of nitrogens with two attached hydrogens (primary N) is 1. The zero-order valence-electron chi connectivity index (χ0n) is 5.16. The van der Waals surface area contributed by atoms with E-state index in [0.717, 1.165) is 18.9 Å². The van der Waals surface area contributed by atoms with Crippen molar-refractivity contribution in [2.24, 2.45) is 5.73 Å². The van der Waals surface area contributed by atoms with E-state index in [9.17, 15) is 4.79 Å². The van der Waals surface area contributed by atoms with Crippen LogP contribution in [0.15, 0.2) is 0 Å². The minimum atomic E-state index is -0.959. The van der Waals surface area contributed by atoms with Crippen molar-refractivity contribution in [3.8, 4) is 0 Å². The first-order valence-corrected chi connectivity index (χ1v) is 3.82. The number of hydrogen-bond donors (Lipinski definition) is 3. The monoisotopic (exact) mass is 250 g/mol. The van der Waals surface area contributed by atoms with Crippen molar-refractivity contribution in [2.45, 2.75) is 12.5 Å². The van der Waals surface area contributed by atoms with Gasteiger partial charge in [-0.1, -0.05) is 0 Å². The Hall–Kier alpha value is 0.229. The maximum atomic E-state index is 9.93. The number of carboxylic acid groups (broad SMARTS) is 1. The Morgan fingerprint density at radius 3 is 2.20 bits per heavy atom. The summed E-state index contributed by atoms with van der Waals surface area (Å²) in [5.74, 6) is -0.438. The Bertz CT molecular complexity index is 103. The molecule has 0 fully saturated rings. The maximum absolute atomic E-state index is 9.93. The van der Waals surface area contributed by atoms with Crippen LogP contribution in [0.5, 0.6) is 0 Å². The summed E-state index contributed by atoms with van der Waals surface area (Å²) in [6.45, 7) is 0. The van der Waals surface area contributed by atoms with E-state index >= 15 is 0 Å². The SMILES string of the molecule is N[C@@H](CCS)C(=O)O.[O]=[99Tc]. The molecule has 0 aromatic rings. The van der Waals surface area contributed by atoms with E-state index in [1.165, 1.54) is 0 Å². The molecule has 0 amide bonds. The molecule has 4 nitrogen and oxygen atoms in total. The fourth-order valence-electron chi connectivity index (χ4n) is 0.263. The second-order valence-corrected chi connectivity index (χ2v) is 1.90. The van der Waals surface area contributed by atoms with E-state index in [1.807, 2.05) is 0 Å². The van der Waals surface area contributed by atoms with Gasteiger partial charge in [-0.05, 0) is 12.2 Å². The molecule has 0 rings (SSSR count). The molecular formula is C4H9NO3STc. The van der Waals surface area contributed by atoms with Crippen LogP contribution in [0.1, 0.15) is 6.42 Å². The van der Waals surface area contributed by atoms with Crippen LogP contribution in [0.25, 0.3) is 0 Å².